The second-order valence-corrected chi connectivity index (χ2v) is 7.85. The van der Waals surface area contributed by atoms with Crippen LogP contribution in [0.5, 0.6) is 0 Å². The molecule has 1 aliphatic heterocycles. The van der Waals surface area contributed by atoms with Crippen LogP contribution in [-0.4, -0.2) is 50.7 Å². The molecule has 1 fully saturated rings. The summed E-state index contributed by atoms with van der Waals surface area (Å²) in [6.07, 6.45) is 3.40. The van der Waals surface area contributed by atoms with Gasteiger partial charge in [-0.3, -0.25) is 4.99 Å². The number of guanidine groups is 1. The molecule has 0 aromatic rings. The summed E-state index contributed by atoms with van der Waals surface area (Å²) in [6.45, 7) is 8.01. The smallest absolute Gasteiger partial charge is 0.209 e. The molecule has 20 heavy (non-hydrogen) atoms. The SMILES string of the molecule is CC1CCN(C(N)=NCC(C)(C)NS(C)(=O)=O)CC1.I. The lowest BCUT2D eigenvalue weighted by Crippen LogP contribution is -2.47. The zero-order valence-corrected chi connectivity index (χ0v) is 15.9. The van der Waals surface area contributed by atoms with Gasteiger partial charge in [-0.25, -0.2) is 13.1 Å². The van der Waals surface area contributed by atoms with Gasteiger partial charge in [-0.2, -0.15) is 0 Å². The first-order valence-electron chi connectivity index (χ1n) is 6.63. The topological polar surface area (TPSA) is 87.8 Å². The van der Waals surface area contributed by atoms with Gasteiger partial charge in [0.1, 0.15) is 0 Å². The van der Waals surface area contributed by atoms with E-state index in [-0.39, 0.29) is 24.0 Å². The van der Waals surface area contributed by atoms with Crippen molar-refractivity contribution < 1.29 is 8.42 Å². The molecular weight excluding hydrogens is 391 g/mol. The Balaban J connectivity index is 0.00000361. The zero-order chi connectivity index (χ0) is 14.7. The summed E-state index contributed by atoms with van der Waals surface area (Å²) in [5, 5.41) is 0. The summed E-state index contributed by atoms with van der Waals surface area (Å²) in [5.74, 6) is 1.25. The van der Waals surface area contributed by atoms with Gasteiger partial charge in [-0.05, 0) is 32.6 Å². The molecule has 0 radical (unpaired) electrons. The number of nitrogens with two attached hydrogens (primary N) is 1. The normalized spacial score (nSPS) is 18.8. The van der Waals surface area contributed by atoms with Crippen molar-refractivity contribution in [2.75, 3.05) is 25.9 Å². The molecule has 120 valence electrons. The molecular formula is C12H27IN4O2S. The lowest BCUT2D eigenvalue weighted by Gasteiger charge is -2.31. The van der Waals surface area contributed by atoms with Crippen LogP contribution in [0, 0.1) is 5.92 Å². The van der Waals surface area contributed by atoms with E-state index in [1.165, 1.54) is 0 Å². The Morgan fingerprint density at radius 1 is 1.40 bits per heavy atom. The number of rotatable bonds is 4. The molecule has 1 aliphatic rings. The average Bonchev–Trinajstić information content (AvgIpc) is 2.24. The lowest BCUT2D eigenvalue weighted by atomic mass is 10.00. The third-order valence-electron chi connectivity index (χ3n) is 3.21. The fourth-order valence-electron chi connectivity index (χ4n) is 2.15. The maximum atomic E-state index is 11.2. The molecule has 1 saturated heterocycles. The monoisotopic (exact) mass is 418 g/mol. The van der Waals surface area contributed by atoms with E-state index in [1.807, 2.05) is 0 Å². The Morgan fingerprint density at radius 2 is 1.90 bits per heavy atom. The van der Waals surface area contributed by atoms with Crippen LogP contribution in [-0.2, 0) is 10.0 Å². The van der Waals surface area contributed by atoms with Gasteiger partial charge in [0.15, 0.2) is 5.96 Å². The molecule has 0 unspecified atom stereocenters. The molecule has 6 nitrogen and oxygen atoms in total. The molecule has 3 N–H and O–H groups in total. The quantitative estimate of drug-likeness (QED) is 0.405. The molecule has 1 heterocycles. The fraction of sp³-hybridized carbons (Fsp3) is 0.917. The largest absolute Gasteiger partial charge is 0.370 e. The first-order chi connectivity index (χ1) is 8.59. The standard InChI is InChI=1S/C12H26N4O2S.HI/c1-10-5-7-16(8-6-10)11(13)14-9-12(2,3)15-19(4,17)18;/h10,15H,5-9H2,1-4H3,(H2,13,14);1H. The summed E-state index contributed by atoms with van der Waals surface area (Å²) in [7, 11) is -3.24. The predicted molar refractivity (Wildman–Crippen MR) is 93.9 cm³/mol. The maximum Gasteiger partial charge on any atom is 0.209 e. The first-order valence-corrected chi connectivity index (χ1v) is 8.52. The van der Waals surface area contributed by atoms with Gasteiger partial charge < -0.3 is 10.6 Å². The number of nitrogens with one attached hydrogen (secondary N) is 1. The highest BCUT2D eigenvalue weighted by Gasteiger charge is 2.23. The fourth-order valence-corrected chi connectivity index (χ4v) is 3.22. The highest BCUT2D eigenvalue weighted by molar-refractivity contribution is 14.0. The third kappa shape index (κ3) is 7.63. The van der Waals surface area contributed by atoms with Gasteiger partial charge >= 0.3 is 0 Å². The predicted octanol–water partition coefficient (Wildman–Crippen LogP) is 0.979. The number of halogens is 1. The summed E-state index contributed by atoms with van der Waals surface area (Å²) < 4.78 is 25.0. The van der Waals surface area contributed by atoms with Crippen molar-refractivity contribution in [1.29, 1.82) is 0 Å². The lowest BCUT2D eigenvalue weighted by molar-refractivity contribution is 0.277. The second-order valence-electron chi connectivity index (χ2n) is 6.10. The number of nitrogens with zero attached hydrogens (tertiary/aromatic N) is 2. The van der Waals surface area contributed by atoms with Crippen molar-refractivity contribution >= 4 is 40.0 Å². The van der Waals surface area contributed by atoms with E-state index in [9.17, 15) is 8.42 Å². The van der Waals surface area contributed by atoms with E-state index in [2.05, 4.69) is 21.5 Å². The zero-order valence-electron chi connectivity index (χ0n) is 12.7. The van der Waals surface area contributed by atoms with Gasteiger partial charge in [0.25, 0.3) is 0 Å². The number of hydrogen-bond donors (Lipinski definition) is 2. The molecule has 8 heteroatoms. The van der Waals surface area contributed by atoms with Crippen LogP contribution in [0.15, 0.2) is 4.99 Å². The Labute approximate surface area is 139 Å². The molecule has 0 aromatic carbocycles. The number of sulfonamides is 1. The maximum absolute atomic E-state index is 11.2. The van der Waals surface area contributed by atoms with E-state index in [0.29, 0.717) is 12.5 Å². The number of likely N-dealkylation sites (tertiary alicyclic amines) is 1. The Hall–Kier alpha value is -0.0900. The van der Waals surface area contributed by atoms with Crippen LogP contribution in [0.2, 0.25) is 0 Å². The molecule has 1 rings (SSSR count). The van der Waals surface area contributed by atoms with E-state index >= 15 is 0 Å². The van der Waals surface area contributed by atoms with Crippen LogP contribution in [0.1, 0.15) is 33.6 Å². The first kappa shape index (κ1) is 19.9. The highest BCUT2D eigenvalue weighted by atomic mass is 127. The van der Waals surface area contributed by atoms with E-state index < -0.39 is 15.6 Å². The molecule has 0 atom stereocenters. The molecule has 0 spiro atoms. The van der Waals surface area contributed by atoms with Crippen molar-refractivity contribution in [3.05, 3.63) is 0 Å². The number of aliphatic imine (C=N–C) groups is 1. The molecule has 0 amide bonds. The van der Waals surface area contributed by atoms with Gasteiger partial charge in [-0.1, -0.05) is 6.92 Å². The molecule has 0 aromatic heterocycles. The Kier molecular flexibility index (Phi) is 7.75. The van der Waals surface area contributed by atoms with Gasteiger partial charge in [0.05, 0.1) is 12.8 Å². The number of piperidine rings is 1. The van der Waals surface area contributed by atoms with E-state index in [4.69, 9.17) is 5.73 Å². The third-order valence-corrected chi connectivity index (χ3v) is 4.13. The van der Waals surface area contributed by atoms with E-state index in [1.54, 1.807) is 13.8 Å². The molecule has 0 saturated carbocycles. The average molecular weight is 418 g/mol. The van der Waals surface area contributed by atoms with Crippen molar-refractivity contribution in [1.82, 2.24) is 9.62 Å². The van der Waals surface area contributed by atoms with E-state index in [0.717, 1.165) is 38.1 Å². The molecule has 0 bridgehead atoms. The van der Waals surface area contributed by atoms with Crippen LogP contribution in [0.3, 0.4) is 0 Å². The summed E-state index contributed by atoms with van der Waals surface area (Å²) in [6, 6.07) is 0. The number of hydrogen-bond acceptors (Lipinski definition) is 3. The minimum Gasteiger partial charge on any atom is -0.370 e. The van der Waals surface area contributed by atoms with Crippen molar-refractivity contribution in [3.63, 3.8) is 0 Å². The van der Waals surface area contributed by atoms with Crippen molar-refractivity contribution in [3.8, 4) is 0 Å². The van der Waals surface area contributed by atoms with Crippen LogP contribution in [0.25, 0.3) is 0 Å². The minimum absolute atomic E-state index is 0. The van der Waals surface area contributed by atoms with Crippen LogP contribution in [0.4, 0.5) is 0 Å². The Morgan fingerprint density at radius 3 is 2.35 bits per heavy atom. The second kappa shape index (κ2) is 7.79. The van der Waals surface area contributed by atoms with Gasteiger partial charge in [0, 0.05) is 18.6 Å². The highest BCUT2D eigenvalue weighted by Crippen LogP contribution is 2.15. The van der Waals surface area contributed by atoms with Crippen molar-refractivity contribution in [2.24, 2.45) is 16.6 Å². The van der Waals surface area contributed by atoms with Crippen LogP contribution < -0.4 is 10.5 Å². The van der Waals surface area contributed by atoms with Gasteiger partial charge in [-0.15, -0.1) is 24.0 Å². The van der Waals surface area contributed by atoms with Crippen LogP contribution >= 0.6 is 24.0 Å². The summed E-state index contributed by atoms with van der Waals surface area (Å²) in [4.78, 5) is 6.39. The van der Waals surface area contributed by atoms with Crippen molar-refractivity contribution in [2.45, 2.75) is 39.2 Å². The minimum atomic E-state index is -3.24. The summed E-state index contributed by atoms with van der Waals surface area (Å²) >= 11 is 0. The Bertz CT molecular complexity index is 429. The summed E-state index contributed by atoms with van der Waals surface area (Å²) in [5.41, 5.74) is 5.34. The van der Waals surface area contributed by atoms with Gasteiger partial charge in [0.2, 0.25) is 10.0 Å². The molecule has 0 aliphatic carbocycles.